The summed E-state index contributed by atoms with van der Waals surface area (Å²) in [6, 6.07) is 0.212. The lowest BCUT2D eigenvalue weighted by Gasteiger charge is -2.32. The minimum atomic E-state index is -1.07. The summed E-state index contributed by atoms with van der Waals surface area (Å²) in [5, 5.41) is 20.2. The molecule has 2 amide bonds. The lowest BCUT2D eigenvalue weighted by atomic mass is 9.97. The van der Waals surface area contributed by atoms with Crippen molar-refractivity contribution in [2.45, 2.75) is 142 Å². The molecule has 4 aliphatic heterocycles. The SMILES string of the molecule is C/C(=N\OCC(=O)O)C1=CCC[C@H]2CCC1N2C(=O)OC(C)(C)C.CC(=O)C1=CCC[C@H]2CCC1N2C(=O)OC(C)(C)C.NOCC(=O)O. The van der Waals surface area contributed by atoms with Crippen LogP contribution in [-0.2, 0) is 33.5 Å². The zero-order valence-electron chi connectivity index (χ0n) is 30.0. The van der Waals surface area contributed by atoms with Crippen LogP contribution in [0.15, 0.2) is 28.5 Å². The molecule has 276 valence electrons. The first-order chi connectivity index (χ1) is 22.8. The molecule has 49 heavy (non-hydrogen) atoms. The van der Waals surface area contributed by atoms with Gasteiger partial charge in [0.2, 0.25) is 6.61 Å². The number of carboxylic acids is 2. The quantitative estimate of drug-likeness (QED) is 0.238. The van der Waals surface area contributed by atoms with E-state index in [0.717, 1.165) is 62.5 Å². The fraction of sp³-hybridized carbons (Fsp3) is 0.706. The van der Waals surface area contributed by atoms with E-state index in [1.54, 1.807) is 18.7 Å². The van der Waals surface area contributed by atoms with Gasteiger partial charge in [-0.3, -0.25) is 19.4 Å². The molecule has 4 heterocycles. The maximum Gasteiger partial charge on any atom is 0.411 e. The molecular weight excluding hydrogens is 640 g/mol. The van der Waals surface area contributed by atoms with E-state index in [1.165, 1.54) is 0 Å². The molecule has 4 atom stereocenters. The summed E-state index contributed by atoms with van der Waals surface area (Å²) in [5.41, 5.74) is 1.28. The van der Waals surface area contributed by atoms with Gasteiger partial charge < -0.3 is 24.5 Å². The first kappa shape index (κ1) is 41.2. The average Bonchev–Trinajstić information content (AvgIpc) is 3.42. The topological polar surface area (TPSA) is 208 Å². The third-order valence-corrected chi connectivity index (χ3v) is 8.08. The number of nitrogens with two attached hydrogens (primary N) is 1. The van der Waals surface area contributed by atoms with Gasteiger partial charge in [-0.05, 0) is 112 Å². The van der Waals surface area contributed by atoms with Gasteiger partial charge in [-0.15, -0.1) is 0 Å². The van der Waals surface area contributed by atoms with Gasteiger partial charge in [-0.25, -0.2) is 25.1 Å². The van der Waals surface area contributed by atoms with Crippen LogP contribution in [0, 0.1) is 0 Å². The number of hydrogen-bond acceptors (Lipinski definition) is 11. The number of carbonyl (C=O) groups is 5. The Morgan fingerprint density at radius 2 is 1.16 bits per heavy atom. The van der Waals surface area contributed by atoms with Crippen LogP contribution in [0.4, 0.5) is 9.59 Å². The summed E-state index contributed by atoms with van der Waals surface area (Å²) in [6.45, 7) is 13.6. The summed E-state index contributed by atoms with van der Waals surface area (Å²) in [6.07, 6.45) is 10.6. The van der Waals surface area contributed by atoms with Crippen molar-refractivity contribution >= 4 is 35.6 Å². The summed E-state index contributed by atoms with van der Waals surface area (Å²) in [4.78, 5) is 68.8. The summed E-state index contributed by atoms with van der Waals surface area (Å²) >= 11 is 0. The van der Waals surface area contributed by atoms with Gasteiger partial charge in [0.15, 0.2) is 12.4 Å². The molecule has 4 N–H and O–H groups in total. The zero-order valence-corrected chi connectivity index (χ0v) is 30.0. The number of hydrogen-bond donors (Lipinski definition) is 3. The van der Waals surface area contributed by atoms with E-state index in [2.05, 4.69) is 22.0 Å². The molecule has 0 aromatic rings. The Morgan fingerprint density at radius 1 is 0.735 bits per heavy atom. The zero-order chi connectivity index (χ0) is 37.1. The van der Waals surface area contributed by atoms with E-state index in [0.29, 0.717) is 5.71 Å². The van der Waals surface area contributed by atoms with Crippen molar-refractivity contribution in [3.63, 3.8) is 0 Å². The molecule has 0 spiro atoms. The van der Waals surface area contributed by atoms with Crippen LogP contribution in [0.1, 0.15) is 107 Å². The number of nitrogens with zero attached hydrogens (tertiary/aromatic N) is 3. The number of rotatable bonds is 7. The molecule has 4 rings (SSSR count). The number of carboxylic acid groups (broad SMARTS) is 2. The van der Waals surface area contributed by atoms with Gasteiger partial charge in [0.25, 0.3) is 0 Å². The largest absolute Gasteiger partial charge is 0.479 e. The molecule has 0 aromatic carbocycles. The molecule has 0 radical (unpaired) electrons. The number of oxime groups is 1. The van der Waals surface area contributed by atoms with Crippen LogP contribution < -0.4 is 5.90 Å². The van der Waals surface area contributed by atoms with Crippen molar-refractivity contribution < 1.29 is 53.3 Å². The normalized spacial score (nSPS) is 23.2. The lowest BCUT2D eigenvalue weighted by Crippen LogP contribution is -2.44. The predicted octanol–water partition coefficient (Wildman–Crippen LogP) is 4.98. The van der Waals surface area contributed by atoms with Gasteiger partial charge in [-0.1, -0.05) is 17.3 Å². The Kier molecular flexibility index (Phi) is 15.2. The van der Waals surface area contributed by atoms with Crippen molar-refractivity contribution in [2.24, 2.45) is 11.1 Å². The molecule has 0 aromatic heterocycles. The average molecular weight is 695 g/mol. The maximum atomic E-state index is 12.6. The van der Waals surface area contributed by atoms with Gasteiger partial charge in [0, 0.05) is 17.7 Å². The molecule has 15 heteroatoms. The number of ether oxygens (including phenoxy) is 2. The van der Waals surface area contributed by atoms with Crippen LogP contribution in [0.25, 0.3) is 0 Å². The Balaban J connectivity index is 0.000000297. The molecule has 15 nitrogen and oxygen atoms in total. The van der Waals surface area contributed by atoms with Crippen molar-refractivity contribution in [3.8, 4) is 0 Å². The second kappa shape index (κ2) is 18.1. The fourth-order valence-corrected chi connectivity index (χ4v) is 6.34. The Morgan fingerprint density at radius 3 is 1.53 bits per heavy atom. The van der Waals surface area contributed by atoms with Crippen molar-refractivity contribution in [2.75, 3.05) is 13.2 Å². The van der Waals surface area contributed by atoms with E-state index in [1.807, 2.05) is 52.5 Å². The minimum absolute atomic E-state index is 0.0705. The van der Waals surface area contributed by atoms with E-state index < -0.39 is 36.4 Å². The smallest absolute Gasteiger partial charge is 0.411 e. The predicted molar refractivity (Wildman–Crippen MR) is 180 cm³/mol. The molecule has 2 unspecified atom stereocenters. The summed E-state index contributed by atoms with van der Waals surface area (Å²) in [7, 11) is 0. The summed E-state index contributed by atoms with van der Waals surface area (Å²) < 4.78 is 11.1. The van der Waals surface area contributed by atoms with Crippen LogP contribution in [-0.4, -0.2) is 104 Å². The van der Waals surface area contributed by atoms with Crippen LogP contribution in [0.5, 0.6) is 0 Å². The lowest BCUT2D eigenvalue weighted by molar-refractivity contribution is -0.143. The van der Waals surface area contributed by atoms with Crippen LogP contribution in [0.2, 0.25) is 0 Å². The molecule has 0 aliphatic carbocycles. The number of Topliss-reactive ketones (excluding diaryl/α,β-unsaturated/α-hetero) is 1. The van der Waals surface area contributed by atoms with Crippen molar-refractivity contribution in [1.82, 2.24) is 9.80 Å². The highest BCUT2D eigenvalue weighted by atomic mass is 16.6. The Labute approximate surface area is 288 Å². The van der Waals surface area contributed by atoms with E-state index in [4.69, 9.17) is 24.5 Å². The molecule has 4 bridgehead atoms. The number of aliphatic carboxylic acids is 2. The molecule has 4 aliphatic rings. The number of ketones is 1. The van der Waals surface area contributed by atoms with E-state index in [-0.39, 0.29) is 42.1 Å². The number of allylic oxidation sites excluding steroid dienone is 2. The number of fused-ring (bicyclic) bond motifs is 4. The van der Waals surface area contributed by atoms with Gasteiger partial charge in [-0.2, -0.15) is 0 Å². The van der Waals surface area contributed by atoms with Gasteiger partial charge >= 0.3 is 24.1 Å². The third-order valence-electron chi connectivity index (χ3n) is 8.08. The number of amides is 2. The molecule has 0 saturated carbocycles. The first-order valence-corrected chi connectivity index (χ1v) is 16.6. The summed E-state index contributed by atoms with van der Waals surface area (Å²) in [5.74, 6) is 2.29. The maximum absolute atomic E-state index is 12.6. The Hall–Kier alpha value is -3.98. The van der Waals surface area contributed by atoms with Gasteiger partial charge in [0.1, 0.15) is 11.2 Å². The standard InChI is InChI=1S/C17H26N2O5.C15H23NO3.C2H5NO3/c1-11(18-23-10-15(20)21)13-7-5-6-12-8-9-14(13)19(12)16(22)24-17(2,3)4;1-10(17)12-7-5-6-11-8-9-13(12)16(11)14(18)19-15(2,3)4;3-6-1-2(4)5/h7,12,14H,5-6,8-10H2,1-4H3,(H,20,21);7,11,13H,5-6,8-9H2,1-4H3;1,3H2,(H,4,5)/b18-11+;;/t12-,14?;11-,13?;/m00./s1. The number of carbonyl (C=O) groups excluding carboxylic acids is 3. The third kappa shape index (κ3) is 13.1. The Bertz CT molecular complexity index is 1300. The van der Waals surface area contributed by atoms with E-state index in [9.17, 15) is 24.0 Å². The first-order valence-electron chi connectivity index (χ1n) is 16.6. The monoisotopic (exact) mass is 694 g/mol. The van der Waals surface area contributed by atoms with E-state index >= 15 is 0 Å². The van der Waals surface area contributed by atoms with Crippen molar-refractivity contribution in [3.05, 3.63) is 23.3 Å². The molecule has 2 fully saturated rings. The van der Waals surface area contributed by atoms with Crippen LogP contribution in [0.3, 0.4) is 0 Å². The van der Waals surface area contributed by atoms with Crippen molar-refractivity contribution in [1.29, 1.82) is 0 Å². The second-order valence-corrected chi connectivity index (χ2v) is 14.3. The van der Waals surface area contributed by atoms with Gasteiger partial charge in [0.05, 0.1) is 17.8 Å². The second-order valence-electron chi connectivity index (χ2n) is 14.3. The van der Waals surface area contributed by atoms with Crippen LogP contribution >= 0.6 is 0 Å². The molecular formula is C34H54N4O11. The highest BCUT2D eigenvalue weighted by Gasteiger charge is 2.44. The highest BCUT2D eigenvalue weighted by Crippen LogP contribution is 2.37. The fourth-order valence-electron chi connectivity index (χ4n) is 6.34. The molecule has 2 saturated heterocycles. The highest BCUT2D eigenvalue weighted by molar-refractivity contribution is 5.99. The minimum Gasteiger partial charge on any atom is -0.479 e.